The molecule has 0 spiro atoms. The van der Waals surface area contributed by atoms with Crippen molar-refractivity contribution < 1.29 is 23.5 Å². The first-order valence-electron chi connectivity index (χ1n) is 10.6. The van der Waals surface area contributed by atoms with Gasteiger partial charge in [0.15, 0.2) is 17.7 Å². The standard InChI is InChI=1S/C26H23Cl3FNO4/c1-26(2,3)35-23(32)14-31-25(33)16-6-11-22(21(30)12-16)34-24(15-4-7-17(27)8-5-15)19-10-9-18(28)13-20(19)29/h4-13,24H,14H2,1-3H3,(H,31,33). The van der Waals surface area contributed by atoms with Crippen LogP contribution in [0.4, 0.5) is 4.39 Å². The van der Waals surface area contributed by atoms with E-state index in [0.29, 0.717) is 26.2 Å². The third-order valence-electron chi connectivity index (χ3n) is 4.67. The Morgan fingerprint density at radius 2 is 1.60 bits per heavy atom. The monoisotopic (exact) mass is 537 g/mol. The van der Waals surface area contributed by atoms with Gasteiger partial charge in [-0.05, 0) is 68.8 Å². The highest BCUT2D eigenvalue weighted by Gasteiger charge is 2.22. The highest BCUT2D eigenvalue weighted by Crippen LogP contribution is 2.35. The molecule has 3 aromatic carbocycles. The van der Waals surface area contributed by atoms with Gasteiger partial charge in [0.25, 0.3) is 5.91 Å². The molecule has 1 atom stereocenters. The quantitative estimate of drug-likeness (QED) is 0.328. The lowest BCUT2D eigenvalue weighted by atomic mass is 10.0. The van der Waals surface area contributed by atoms with Gasteiger partial charge in [0, 0.05) is 26.2 Å². The zero-order chi connectivity index (χ0) is 25.8. The molecule has 0 aliphatic rings. The van der Waals surface area contributed by atoms with Crippen LogP contribution in [0.3, 0.4) is 0 Å². The van der Waals surface area contributed by atoms with Crippen LogP contribution in [0.5, 0.6) is 5.75 Å². The van der Waals surface area contributed by atoms with Gasteiger partial charge >= 0.3 is 5.97 Å². The van der Waals surface area contributed by atoms with E-state index in [-0.39, 0.29) is 17.9 Å². The molecule has 0 fully saturated rings. The molecule has 0 aliphatic carbocycles. The SMILES string of the molecule is CC(C)(C)OC(=O)CNC(=O)c1ccc(OC(c2ccc(Cl)cc2)c2ccc(Cl)cc2Cl)c(F)c1. The maximum absolute atomic E-state index is 15.0. The molecular weight excluding hydrogens is 516 g/mol. The fourth-order valence-electron chi connectivity index (χ4n) is 3.16. The van der Waals surface area contributed by atoms with E-state index in [1.54, 1.807) is 63.2 Å². The van der Waals surface area contributed by atoms with E-state index >= 15 is 0 Å². The first-order chi connectivity index (χ1) is 16.4. The van der Waals surface area contributed by atoms with E-state index < -0.39 is 29.4 Å². The Hall–Kier alpha value is -2.80. The van der Waals surface area contributed by atoms with Crippen molar-refractivity contribution in [2.45, 2.75) is 32.5 Å². The van der Waals surface area contributed by atoms with Gasteiger partial charge in [-0.2, -0.15) is 0 Å². The Morgan fingerprint density at radius 3 is 2.20 bits per heavy atom. The van der Waals surface area contributed by atoms with Gasteiger partial charge in [-0.25, -0.2) is 4.39 Å². The topological polar surface area (TPSA) is 64.6 Å². The van der Waals surface area contributed by atoms with Crippen molar-refractivity contribution in [2.24, 2.45) is 0 Å². The lowest BCUT2D eigenvalue weighted by Crippen LogP contribution is -2.34. The second kappa shape index (κ2) is 11.3. The Bertz CT molecular complexity index is 1230. The summed E-state index contributed by atoms with van der Waals surface area (Å²) in [4.78, 5) is 24.2. The van der Waals surface area contributed by atoms with Crippen molar-refractivity contribution in [1.82, 2.24) is 5.32 Å². The molecular formula is C26H23Cl3FNO4. The number of benzene rings is 3. The minimum atomic E-state index is -0.779. The molecule has 3 aromatic rings. The summed E-state index contributed by atoms with van der Waals surface area (Å²) < 4.78 is 26.1. The molecule has 1 amide bonds. The molecule has 184 valence electrons. The summed E-state index contributed by atoms with van der Waals surface area (Å²) >= 11 is 18.4. The van der Waals surface area contributed by atoms with Gasteiger partial charge in [-0.3, -0.25) is 9.59 Å². The van der Waals surface area contributed by atoms with Gasteiger partial charge in [-0.1, -0.05) is 53.0 Å². The zero-order valence-electron chi connectivity index (χ0n) is 19.2. The number of carbonyl (C=O) groups excluding carboxylic acids is 2. The summed E-state index contributed by atoms with van der Waals surface area (Å²) in [6.07, 6.45) is -0.779. The second-order valence-electron chi connectivity index (χ2n) is 8.63. The minimum Gasteiger partial charge on any atom is -0.478 e. The van der Waals surface area contributed by atoms with Crippen molar-refractivity contribution in [2.75, 3.05) is 6.54 Å². The van der Waals surface area contributed by atoms with Crippen LogP contribution < -0.4 is 10.1 Å². The van der Waals surface area contributed by atoms with Crippen molar-refractivity contribution in [3.8, 4) is 5.75 Å². The number of amides is 1. The Balaban J connectivity index is 1.81. The molecule has 1 N–H and O–H groups in total. The summed E-state index contributed by atoms with van der Waals surface area (Å²) in [6, 6.07) is 15.5. The molecule has 3 rings (SSSR count). The number of rotatable bonds is 7. The van der Waals surface area contributed by atoms with Crippen LogP contribution >= 0.6 is 34.8 Å². The van der Waals surface area contributed by atoms with Crippen molar-refractivity contribution >= 4 is 46.7 Å². The summed E-state index contributed by atoms with van der Waals surface area (Å²) in [5.74, 6) is -2.09. The fraction of sp³-hybridized carbons (Fsp3) is 0.231. The highest BCUT2D eigenvalue weighted by atomic mass is 35.5. The Kier molecular flexibility index (Phi) is 8.65. The third-order valence-corrected chi connectivity index (χ3v) is 5.48. The Labute approximate surface area is 218 Å². The van der Waals surface area contributed by atoms with Crippen LogP contribution in [0.2, 0.25) is 15.1 Å². The van der Waals surface area contributed by atoms with E-state index in [2.05, 4.69) is 5.32 Å². The average molecular weight is 539 g/mol. The molecule has 0 aromatic heterocycles. The van der Waals surface area contributed by atoms with Crippen LogP contribution in [-0.4, -0.2) is 24.0 Å². The predicted molar refractivity (Wildman–Crippen MR) is 135 cm³/mol. The number of nitrogens with one attached hydrogen (secondary N) is 1. The minimum absolute atomic E-state index is 0.0194. The van der Waals surface area contributed by atoms with Crippen molar-refractivity contribution in [3.63, 3.8) is 0 Å². The van der Waals surface area contributed by atoms with E-state index in [9.17, 15) is 14.0 Å². The zero-order valence-corrected chi connectivity index (χ0v) is 21.5. The Morgan fingerprint density at radius 1 is 0.943 bits per heavy atom. The van der Waals surface area contributed by atoms with E-state index in [4.69, 9.17) is 44.3 Å². The number of halogens is 4. The molecule has 1 unspecified atom stereocenters. The largest absolute Gasteiger partial charge is 0.478 e. The molecule has 0 aliphatic heterocycles. The van der Waals surface area contributed by atoms with Crippen molar-refractivity contribution in [3.05, 3.63) is 98.2 Å². The lowest BCUT2D eigenvalue weighted by molar-refractivity contribution is -0.153. The number of esters is 1. The maximum Gasteiger partial charge on any atom is 0.325 e. The van der Waals surface area contributed by atoms with Gasteiger partial charge in [0.1, 0.15) is 12.1 Å². The van der Waals surface area contributed by atoms with Crippen molar-refractivity contribution in [1.29, 1.82) is 0 Å². The fourth-order valence-corrected chi connectivity index (χ4v) is 3.79. The van der Waals surface area contributed by atoms with Gasteiger partial charge in [0.05, 0.1) is 0 Å². The van der Waals surface area contributed by atoms with Crippen LogP contribution in [0.15, 0.2) is 60.7 Å². The third kappa shape index (κ3) is 7.59. The van der Waals surface area contributed by atoms with Crippen LogP contribution in [-0.2, 0) is 9.53 Å². The number of ether oxygens (including phenoxy) is 2. The first kappa shape index (κ1) is 26.8. The molecule has 35 heavy (non-hydrogen) atoms. The predicted octanol–water partition coefficient (Wildman–Crippen LogP) is 7.03. The van der Waals surface area contributed by atoms with Gasteiger partial charge in [-0.15, -0.1) is 0 Å². The highest BCUT2D eigenvalue weighted by molar-refractivity contribution is 6.35. The van der Waals surface area contributed by atoms with Crippen LogP contribution in [0.25, 0.3) is 0 Å². The van der Waals surface area contributed by atoms with E-state index in [1.807, 2.05) is 0 Å². The van der Waals surface area contributed by atoms with Gasteiger partial charge in [0.2, 0.25) is 0 Å². The van der Waals surface area contributed by atoms with E-state index in [0.717, 1.165) is 6.07 Å². The molecule has 0 heterocycles. The number of hydrogen-bond acceptors (Lipinski definition) is 4. The summed E-state index contributed by atoms with van der Waals surface area (Å²) in [6.45, 7) is 4.81. The number of hydrogen-bond donors (Lipinski definition) is 1. The number of carbonyl (C=O) groups is 2. The molecule has 0 bridgehead atoms. The average Bonchev–Trinajstić information content (AvgIpc) is 2.77. The smallest absolute Gasteiger partial charge is 0.325 e. The van der Waals surface area contributed by atoms with E-state index in [1.165, 1.54) is 12.1 Å². The van der Waals surface area contributed by atoms with Gasteiger partial charge < -0.3 is 14.8 Å². The summed E-state index contributed by atoms with van der Waals surface area (Å²) in [7, 11) is 0. The molecule has 0 radical (unpaired) electrons. The lowest BCUT2D eigenvalue weighted by Gasteiger charge is -2.22. The molecule has 9 heteroatoms. The second-order valence-corrected chi connectivity index (χ2v) is 9.91. The molecule has 0 saturated carbocycles. The van der Waals surface area contributed by atoms with Crippen LogP contribution in [0.1, 0.15) is 48.4 Å². The molecule has 0 saturated heterocycles. The summed E-state index contributed by atoms with van der Waals surface area (Å²) in [5.41, 5.74) is 0.584. The van der Waals surface area contributed by atoms with Crippen LogP contribution in [0, 0.1) is 5.82 Å². The molecule has 5 nitrogen and oxygen atoms in total. The normalized spacial score (nSPS) is 12.1. The first-order valence-corrected chi connectivity index (χ1v) is 11.7. The maximum atomic E-state index is 15.0. The summed E-state index contributed by atoms with van der Waals surface area (Å²) in [5, 5.41) is 3.73.